The van der Waals surface area contributed by atoms with Gasteiger partial charge in [0.15, 0.2) is 0 Å². The van der Waals surface area contributed by atoms with Crippen molar-refractivity contribution in [1.29, 1.82) is 0 Å². The van der Waals surface area contributed by atoms with Crippen LogP contribution in [0.1, 0.15) is 65.6 Å². The molecule has 2 aromatic rings. The molecule has 3 amide bonds. The molecule has 3 rings (SSSR count). The molecule has 0 saturated carbocycles. The van der Waals surface area contributed by atoms with E-state index >= 15 is 0 Å². The second-order valence-corrected chi connectivity index (χ2v) is 7.77. The van der Waals surface area contributed by atoms with E-state index in [0.29, 0.717) is 17.0 Å². The van der Waals surface area contributed by atoms with Gasteiger partial charge in [-0.15, -0.1) is 0 Å². The van der Waals surface area contributed by atoms with Crippen LogP contribution in [0.25, 0.3) is 0 Å². The zero-order valence-corrected chi connectivity index (χ0v) is 16.7. The maximum absolute atomic E-state index is 12.7. The molecular weight excluding hydrogens is 352 g/mol. The summed E-state index contributed by atoms with van der Waals surface area (Å²) in [5, 5.41) is 2.92. The smallest absolute Gasteiger partial charge is 0.262 e. The van der Waals surface area contributed by atoms with Gasteiger partial charge in [-0.05, 0) is 49.4 Å². The fourth-order valence-corrected chi connectivity index (χ4v) is 3.51. The second-order valence-electron chi connectivity index (χ2n) is 7.77. The largest absolute Gasteiger partial charge is 0.348 e. The van der Waals surface area contributed by atoms with Crippen molar-refractivity contribution in [2.24, 2.45) is 5.92 Å². The van der Waals surface area contributed by atoms with Crippen LogP contribution < -0.4 is 5.32 Å². The van der Waals surface area contributed by atoms with Crippen LogP contribution in [0, 0.1) is 5.92 Å². The quantitative estimate of drug-likeness (QED) is 0.779. The molecule has 2 aromatic carbocycles. The first-order valence-electron chi connectivity index (χ1n) is 9.65. The van der Waals surface area contributed by atoms with E-state index < -0.39 is 17.9 Å². The summed E-state index contributed by atoms with van der Waals surface area (Å²) in [7, 11) is 0. The number of hydrogen-bond donors (Lipinski definition) is 1. The van der Waals surface area contributed by atoms with Crippen molar-refractivity contribution in [2.45, 2.75) is 46.2 Å². The van der Waals surface area contributed by atoms with Crippen LogP contribution in [0.15, 0.2) is 48.5 Å². The van der Waals surface area contributed by atoms with E-state index in [1.165, 1.54) is 5.56 Å². The van der Waals surface area contributed by atoms with E-state index in [1.807, 2.05) is 19.1 Å². The van der Waals surface area contributed by atoms with Crippen molar-refractivity contribution in [3.05, 3.63) is 70.8 Å². The molecular formula is C23H26N2O3. The zero-order chi connectivity index (χ0) is 20.4. The van der Waals surface area contributed by atoms with E-state index in [2.05, 4.69) is 31.3 Å². The highest BCUT2D eigenvalue weighted by Gasteiger charge is 2.40. The maximum atomic E-state index is 12.7. The minimum Gasteiger partial charge on any atom is -0.348 e. The van der Waals surface area contributed by atoms with Crippen molar-refractivity contribution in [2.75, 3.05) is 0 Å². The summed E-state index contributed by atoms with van der Waals surface area (Å²) < 4.78 is 0. The number of nitrogens with one attached hydrogen (secondary N) is 1. The second kappa shape index (κ2) is 7.97. The van der Waals surface area contributed by atoms with Crippen LogP contribution in [0.2, 0.25) is 0 Å². The molecule has 0 unspecified atom stereocenters. The SMILES string of the molecule is CC(C)Cc1ccc([C@@H](C)NC(=O)[C@@H](C)N2C(=O)c3ccccc3C2=O)cc1. The van der Waals surface area contributed by atoms with Gasteiger partial charge in [0, 0.05) is 0 Å². The van der Waals surface area contributed by atoms with Crippen LogP contribution in [0.5, 0.6) is 0 Å². The average molecular weight is 378 g/mol. The van der Waals surface area contributed by atoms with E-state index in [0.717, 1.165) is 16.9 Å². The first-order chi connectivity index (χ1) is 13.3. The van der Waals surface area contributed by atoms with Gasteiger partial charge in [0.25, 0.3) is 11.8 Å². The lowest BCUT2D eigenvalue weighted by atomic mass is 10.00. The van der Waals surface area contributed by atoms with Crippen LogP contribution in [-0.2, 0) is 11.2 Å². The van der Waals surface area contributed by atoms with Crippen LogP contribution in [-0.4, -0.2) is 28.7 Å². The zero-order valence-electron chi connectivity index (χ0n) is 16.7. The molecule has 0 saturated heterocycles. The predicted molar refractivity (Wildman–Crippen MR) is 108 cm³/mol. The Morgan fingerprint density at radius 2 is 1.43 bits per heavy atom. The predicted octanol–water partition coefficient (Wildman–Crippen LogP) is 3.75. The van der Waals surface area contributed by atoms with Gasteiger partial charge in [-0.1, -0.05) is 50.2 Å². The lowest BCUT2D eigenvalue weighted by Gasteiger charge is -2.24. The maximum Gasteiger partial charge on any atom is 0.262 e. The van der Waals surface area contributed by atoms with Gasteiger partial charge in [-0.25, -0.2) is 0 Å². The van der Waals surface area contributed by atoms with E-state index in [4.69, 9.17) is 0 Å². The van der Waals surface area contributed by atoms with Crippen LogP contribution >= 0.6 is 0 Å². The van der Waals surface area contributed by atoms with Crippen molar-refractivity contribution < 1.29 is 14.4 Å². The third-order valence-electron chi connectivity index (χ3n) is 5.07. The highest BCUT2D eigenvalue weighted by Crippen LogP contribution is 2.25. The Kier molecular flexibility index (Phi) is 5.63. The summed E-state index contributed by atoms with van der Waals surface area (Å²) in [6, 6.07) is 13.7. The molecule has 0 aliphatic carbocycles. The first kappa shape index (κ1) is 19.8. The molecule has 28 heavy (non-hydrogen) atoms. The lowest BCUT2D eigenvalue weighted by Crippen LogP contribution is -2.48. The Morgan fingerprint density at radius 3 is 1.93 bits per heavy atom. The number of carbonyl (C=O) groups is 3. The molecule has 1 N–H and O–H groups in total. The molecule has 2 atom stereocenters. The highest BCUT2D eigenvalue weighted by atomic mass is 16.2. The summed E-state index contributed by atoms with van der Waals surface area (Å²) in [6.07, 6.45) is 1.01. The summed E-state index contributed by atoms with van der Waals surface area (Å²) in [5.74, 6) is -0.611. The van der Waals surface area contributed by atoms with Gasteiger partial charge in [0.1, 0.15) is 6.04 Å². The van der Waals surface area contributed by atoms with Crippen LogP contribution in [0.4, 0.5) is 0 Å². The Balaban J connectivity index is 1.67. The van der Waals surface area contributed by atoms with Gasteiger partial charge in [0.2, 0.25) is 5.91 Å². The molecule has 5 nitrogen and oxygen atoms in total. The fourth-order valence-electron chi connectivity index (χ4n) is 3.51. The number of nitrogens with zero attached hydrogens (tertiary/aromatic N) is 1. The van der Waals surface area contributed by atoms with Gasteiger partial charge in [0.05, 0.1) is 17.2 Å². The Morgan fingerprint density at radius 1 is 0.893 bits per heavy atom. The fraction of sp³-hybridized carbons (Fsp3) is 0.348. The molecule has 1 aliphatic rings. The third-order valence-corrected chi connectivity index (χ3v) is 5.07. The van der Waals surface area contributed by atoms with Gasteiger partial charge in [-0.2, -0.15) is 0 Å². The van der Waals surface area contributed by atoms with Crippen molar-refractivity contribution in [3.8, 4) is 0 Å². The minimum absolute atomic E-state index is 0.224. The molecule has 5 heteroatoms. The Bertz CT molecular complexity index is 867. The first-order valence-corrected chi connectivity index (χ1v) is 9.65. The molecule has 1 aliphatic heterocycles. The number of amides is 3. The molecule has 146 valence electrons. The molecule has 0 radical (unpaired) electrons. The average Bonchev–Trinajstić information content (AvgIpc) is 2.92. The third kappa shape index (κ3) is 3.84. The van der Waals surface area contributed by atoms with Crippen molar-refractivity contribution in [1.82, 2.24) is 10.2 Å². The summed E-state index contributed by atoms with van der Waals surface area (Å²) in [5.41, 5.74) is 2.94. The van der Waals surface area contributed by atoms with Crippen molar-refractivity contribution >= 4 is 17.7 Å². The number of benzene rings is 2. The number of fused-ring (bicyclic) bond motifs is 1. The molecule has 1 heterocycles. The summed E-state index contributed by atoms with van der Waals surface area (Å²) in [4.78, 5) is 38.9. The standard InChI is InChI=1S/C23H26N2O3/c1-14(2)13-17-9-11-18(12-10-17)15(3)24-21(26)16(4)25-22(27)19-7-5-6-8-20(19)23(25)28/h5-12,14-16H,13H2,1-4H3,(H,24,26)/t15-,16-/m1/s1. The molecule has 0 spiro atoms. The van der Waals surface area contributed by atoms with Gasteiger partial charge < -0.3 is 5.32 Å². The topological polar surface area (TPSA) is 66.5 Å². The summed E-state index contributed by atoms with van der Waals surface area (Å²) in [6.45, 7) is 7.83. The van der Waals surface area contributed by atoms with Gasteiger partial charge in [-0.3, -0.25) is 19.3 Å². The number of rotatable bonds is 6. The Labute approximate surface area is 165 Å². The van der Waals surface area contributed by atoms with E-state index in [-0.39, 0.29) is 11.9 Å². The highest BCUT2D eigenvalue weighted by molar-refractivity contribution is 6.22. The molecule has 0 fully saturated rings. The number of carbonyl (C=O) groups excluding carboxylic acids is 3. The van der Waals surface area contributed by atoms with Crippen LogP contribution in [0.3, 0.4) is 0 Å². The van der Waals surface area contributed by atoms with Crippen molar-refractivity contribution in [3.63, 3.8) is 0 Å². The monoisotopic (exact) mass is 378 g/mol. The Hall–Kier alpha value is -2.95. The number of imide groups is 1. The molecule has 0 aromatic heterocycles. The number of hydrogen-bond acceptors (Lipinski definition) is 3. The van der Waals surface area contributed by atoms with Gasteiger partial charge >= 0.3 is 0 Å². The van der Waals surface area contributed by atoms with E-state index in [1.54, 1.807) is 31.2 Å². The minimum atomic E-state index is -0.880. The summed E-state index contributed by atoms with van der Waals surface area (Å²) >= 11 is 0. The van der Waals surface area contributed by atoms with E-state index in [9.17, 15) is 14.4 Å². The molecule has 0 bridgehead atoms. The lowest BCUT2D eigenvalue weighted by molar-refractivity contribution is -0.125. The normalized spacial score (nSPS) is 15.5.